The Bertz CT molecular complexity index is 338. The maximum atomic E-state index is 5.22. The highest BCUT2D eigenvalue weighted by Crippen LogP contribution is 2.25. The third kappa shape index (κ3) is 2.73. The molecule has 0 heterocycles. The number of allylic oxidation sites excluding steroid dienone is 1. The normalized spacial score (nSPS) is 11.9. The third-order valence-corrected chi connectivity index (χ3v) is 1.97. The van der Waals surface area contributed by atoms with Gasteiger partial charge in [0.05, 0.1) is 5.69 Å². The van der Waals surface area contributed by atoms with E-state index in [2.05, 4.69) is 24.9 Å². The molecule has 0 aliphatic heterocycles. The minimum absolute atomic E-state index is 0.491. The van der Waals surface area contributed by atoms with Crippen molar-refractivity contribution in [2.45, 2.75) is 19.8 Å². The monoisotopic (exact) mass is 188 g/mol. The summed E-state index contributed by atoms with van der Waals surface area (Å²) in [6, 6.07) is 8.14. The lowest BCUT2D eigenvalue weighted by molar-refractivity contribution is 0.867. The summed E-state index contributed by atoms with van der Waals surface area (Å²) in [7, 11) is 0. The van der Waals surface area contributed by atoms with Gasteiger partial charge in [-0.1, -0.05) is 32.0 Å². The van der Waals surface area contributed by atoms with E-state index in [9.17, 15) is 0 Å². The molecule has 0 spiro atoms. The van der Waals surface area contributed by atoms with Crippen molar-refractivity contribution >= 4 is 11.9 Å². The molecule has 2 heteroatoms. The molecule has 0 radical (unpaired) electrons. The molecule has 0 aliphatic carbocycles. The van der Waals surface area contributed by atoms with Gasteiger partial charge in [-0.2, -0.15) is 0 Å². The van der Waals surface area contributed by atoms with Gasteiger partial charge in [0.25, 0.3) is 0 Å². The fourth-order valence-corrected chi connectivity index (χ4v) is 1.27. The Labute approximate surface area is 85.2 Å². The van der Waals surface area contributed by atoms with Crippen molar-refractivity contribution in [3.05, 3.63) is 42.1 Å². The van der Waals surface area contributed by atoms with Crippen LogP contribution in [0.4, 0.5) is 5.69 Å². The molecule has 1 aromatic carbocycles. The second-order valence-electron chi connectivity index (χ2n) is 3.38. The van der Waals surface area contributed by atoms with Crippen LogP contribution < -0.4 is 5.73 Å². The molecular formula is C12H16N2. The van der Waals surface area contributed by atoms with Crippen LogP contribution in [0.15, 0.2) is 41.5 Å². The minimum atomic E-state index is 0.491. The van der Waals surface area contributed by atoms with Gasteiger partial charge >= 0.3 is 0 Å². The van der Waals surface area contributed by atoms with E-state index in [0.29, 0.717) is 5.92 Å². The van der Waals surface area contributed by atoms with Crippen LogP contribution in [0, 0.1) is 0 Å². The largest absolute Gasteiger partial charge is 0.405 e. The summed E-state index contributed by atoms with van der Waals surface area (Å²) in [6.45, 7) is 4.32. The predicted octanol–water partition coefficient (Wildman–Crippen LogP) is 2.98. The SMILES string of the molecule is CC(C)c1ccccc1N=CC=CN. The molecule has 0 saturated heterocycles. The summed E-state index contributed by atoms with van der Waals surface area (Å²) in [5.41, 5.74) is 7.49. The number of rotatable bonds is 3. The molecule has 0 aliphatic rings. The van der Waals surface area contributed by atoms with Crippen molar-refractivity contribution in [3.63, 3.8) is 0 Å². The third-order valence-electron chi connectivity index (χ3n) is 1.97. The first kappa shape index (κ1) is 10.5. The van der Waals surface area contributed by atoms with Gasteiger partial charge in [0.15, 0.2) is 0 Å². The molecule has 74 valence electrons. The van der Waals surface area contributed by atoms with E-state index in [0.717, 1.165) is 5.69 Å². The van der Waals surface area contributed by atoms with E-state index in [1.54, 1.807) is 12.3 Å². The van der Waals surface area contributed by atoms with Gasteiger partial charge in [0.2, 0.25) is 0 Å². The van der Waals surface area contributed by atoms with Crippen molar-refractivity contribution in [1.82, 2.24) is 0 Å². The lowest BCUT2D eigenvalue weighted by Crippen LogP contribution is -1.87. The molecule has 0 saturated carbocycles. The Morgan fingerprint density at radius 3 is 2.64 bits per heavy atom. The molecule has 1 rings (SSSR count). The first-order chi connectivity index (χ1) is 6.75. The average Bonchev–Trinajstić information content (AvgIpc) is 2.19. The van der Waals surface area contributed by atoms with Crippen LogP contribution in [0.1, 0.15) is 25.3 Å². The van der Waals surface area contributed by atoms with Crippen molar-refractivity contribution in [3.8, 4) is 0 Å². The molecule has 1 aromatic rings. The molecule has 0 amide bonds. The summed E-state index contributed by atoms with van der Waals surface area (Å²) in [6.07, 6.45) is 4.90. The zero-order chi connectivity index (χ0) is 10.4. The van der Waals surface area contributed by atoms with Gasteiger partial charge in [-0.15, -0.1) is 0 Å². The van der Waals surface area contributed by atoms with Gasteiger partial charge in [-0.25, -0.2) is 0 Å². The van der Waals surface area contributed by atoms with Gasteiger partial charge < -0.3 is 5.73 Å². The molecule has 0 aromatic heterocycles. The molecule has 14 heavy (non-hydrogen) atoms. The van der Waals surface area contributed by atoms with Crippen LogP contribution in [-0.4, -0.2) is 6.21 Å². The van der Waals surface area contributed by atoms with Crippen molar-refractivity contribution in [2.75, 3.05) is 0 Å². The number of nitrogens with zero attached hydrogens (tertiary/aromatic N) is 1. The highest BCUT2D eigenvalue weighted by atomic mass is 14.7. The van der Waals surface area contributed by atoms with Crippen LogP contribution in [0.2, 0.25) is 0 Å². The van der Waals surface area contributed by atoms with E-state index in [1.165, 1.54) is 11.8 Å². The summed E-state index contributed by atoms with van der Waals surface area (Å²) in [5.74, 6) is 0.491. The highest BCUT2D eigenvalue weighted by Gasteiger charge is 2.02. The Morgan fingerprint density at radius 1 is 1.29 bits per heavy atom. The molecule has 0 unspecified atom stereocenters. The Hall–Kier alpha value is -1.57. The first-order valence-electron chi connectivity index (χ1n) is 4.75. The summed E-state index contributed by atoms with van der Waals surface area (Å²) in [4.78, 5) is 4.33. The van der Waals surface area contributed by atoms with Gasteiger partial charge in [0, 0.05) is 6.21 Å². The number of para-hydroxylation sites is 1. The van der Waals surface area contributed by atoms with Crippen LogP contribution in [0.3, 0.4) is 0 Å². The first-order valence-corrected chi connectivity index (χ1v) is 4.75. The molecule has 2 N–H and O–H groups in total. The summed E-state index contributed by atoms with van der Waals surface area (Å²) >= 11 is 0. The molecule has 0 fully saturated rings. The quantitative estimate of drug-likeness (QED) is 0.727. The molecule has 2 nitrogen and oxygen atoms in total. The van der Waals surface area contributed by atoms with Crippen LogP contribution >= 0.6 is 0 Å². The fourth-order valence-electron chi connectivity index (χ4n) is 1.27. The number of aliphatic imine (C=N–C) groups is 1. The average molecular weight is 188 g/mol. The van der Waals surface area contributed by atoms with Crippen molar-refractivity contribution in [1.29, 1.82) is 0 Å². The maximum Gasteiger partial charge on any atom is 0.0664 e. The smallest absolute Gasteiger partial charge is 0.0664 e. The Morgan fingerprint density at radius 2 is 2.00 bits per heavy atom. The number of hydrogen-bond acceptors (Lipinski definition) is 2. The number of hydrogen-bond donors (Lipinski definition) is 1. The van der Waals surface area contributed by atoms with E-state index in [4.69, 9.17) is 5.73 Å². The standard InChI is InChI=1S/C12H16N2/c1-10(2)11-6-3-4-7-12(11)14-9-5-8-13/h3-10H,13H2,1-2H3. The van der Waals surface area contributed by atoms with Gasteiger partial charge in [-0.3, -0.25) is 4.99 Å². The number of benzene rings is 1. The molecule has 0 atom stereocenters. The van der Waals surface area contributed by atoms with Crippen LogP contribution in [0.25, 0.3) is 0 Å². The summed E-state index contributed by atoms with van der Waals surface area (Å²) < 4.78 is 0. The van der Waals surface area contributed by atoms with Gasteiger partial charge in [-0.05, 0) is 29.8 Å². The Balaban J connectivity index is 2.95. The zero-order valence-corrected chi connectivity index (χ0v) is 8.64. The van der Waals surface area contributed by atoms with Gasteiger partial charge in [0.1, 0.15) is 0 Å². The second kappa shape index (κ2) is 5.22. The lowest BCUT2D eigenvalue weighted by atomic mass is 10.0. The van der Waals surface area contributed by atoms with Crippen molar-refractivity contribution in [2.24, 2.45) is 10.7 Å². The van der Waals surface area contributed by atoms with E-state index in [1.807, 2.05) is 18.2 Å². The maximum absolute atomic E-state index is 5.22. The number of nitrogens with two attached hydrogens (primary N) is 1. The van der Waals surface area contributed by atoms with E-state index in [-0.39, 0.29) is 0 Å². The van der Waals surface area contributed by atoms with E-state index < -0.39 is 0 Å². The van der Waals surface area contributed by atoms with Crippen molar-refractivity contribution < 1.29 is 0 Å². The summed E-state index contributed by atoms with van der Waals surface area (Å²) in [5, 5.41) is 0. The molecular weight excluding hydrogens is 172 g/mol. The highest BCUT2D eigenvalue weighted by molar-refractivity contribution is 5.75. The lowest BCUT2D eigenvalue weighted by Gasteiger charge is -2.07. The fraction of sp³-hybridized carbons (Fsp3) is 0.250. The van der Waals surface area contributed by atoms with Crippen LogP contribution in [0.5, 0.6) is 0 Å². The topological polar surface area (TPSA) is 38.4 Å². The van der Waals surface area contributed by atoms with Crippen LogP contribution in [-0.2, 0) is 0 Å². The zero-order valence-electron chi connectivity index (χ0n) is 8.64. The second-order valence-corrected chi connectivity index (χ2v) is 3.38. The van der Waals surface area contributed by atoms with E-state index >= 15 is 0 Å². The minimum Gasteiger partial charge on any atom is -0.405 e. The predicted molar refractivity (Wildman–Crippen MR) is 62.0 cm³/mol. The molecule has 0 bridgehead atoms. The Kier molecular flexibility index (Phi) is 3.92.